The molecule has 14 heteroatoms. The van der Waals surface area contributed by atoms with Crippen molar-refractivity contribution in [2.75, 3.05) is 73.5 Å². The number of carbonyl (C=O) groups excluding carboxylic acids is 2. The molecule has 0 radical (unpaired) electrons. The molecule has 1 saturated carbocycles. The summed E-state index contributed by atoms with van der Waals surface area (Å²) in [4.78, 5) is 32.5. The van der Waals surface area contributed by atoms with Gasteiger partial charge in [0, 0.05) is 89.3 Å². The van der Waals surface area contributed by atoms with Crippen molar-refractivity contribution in [2.45, 2.75) is 83.3 Å². The molecule has 2 aliphatic rings. The molecule has 2 aromatic carbocycles. The summed E-state index contributed by atoms with van der Waals surface area (Å²) in [6.45, 7) is 8.00. The van der Waals surface area contributed by atoms with Gasteiger partial charge >= 0.3 is 16.3 Å². The van der Waals surface area contributed by atoms with E-state index in [1.807, 2.05) is 32.9 Å². The first-order chi connectivity index (χ1) is 25.0. The van der Waals surface area contributed by atoms with Crippen molar-refractivity contribution >= 4 is 38.8 Å². The van der Waals surface area contributed by atoms with Crippen LogP contribution in [0, 0.1) is 0 Å². The number of hydrogen-bond donors (Lipinski definition) is 1. The van der Waals surface area contributed by atoms with Crippen molar-refractivity contribution in [3.05, 3.63) is 53.6 Å². The number of para-hydroxylation sites is 1. The van der Waals surface area contributed by atoms with E-state index in [0.717, 1.165) is 39.3 Å². The third-order valence-corrected chi connectivity index (χ3v) is 11.9. The van der Waals surface area contributed by atoms with E-state index in [1.165, 1.54) is 51.8 Å². The lowest BCUT2D eigenvalue weighted by Gasteiger charge is -2.33. The lowest BCUT2D eigenvalue weighted by Crippen LogP contribution is -2.45. The fraction of sp³-hybridized carbons (Fsp3) is 0.590. The van der Waals surface area contributed by atoms with Crippen molar-refractivity contribution in [1.29, 1.82) is 0 Å². The van der Waals surface area contributed by atoms with Crippen LogP contribution >= 0.6 is 0 Å². The van der Waals surface area contributed by atoms with Crippen molar-refractivity contribution in [2.24, 2.45) is 0 Å². The average molecular weight is 755 g/mol. The fourth-order valence-corrected chi connectivity index (χ4v) is 8.33. The molecule has 53 heavy (non-hydrogen) atoms. The van der Waals surface area contributed by atoms with Crippen molar-refractivity contribution in [3.8, 4) is 11.3 Å². The monoisotopic (exact) mass is 754 g/mol. The lowest BCUT2D eigenvalue weighted by atomic mass is 9.81. The van der Waals surface area contributed by atoms with Crippen molar-refractivity contribution in [3.63, 3.8) is 0 Å². The first-order valence-corrected chi connectivity index (χ1v) is 19.9. The number of likely N-dealkylation sites (N-methyl/N-ethyl adjacent to an activating group) is 4. The first-order valence-electron chi connectivity index (χ1n) is 18.5. The van der Waals surface area contributed by atoms with Crippen LogP contribution in [0.15, 0.2) is 42.5 Å². The van der Waals surface area contributed by atoms with Gasteiger partial charge in [0.15, 0.2) is 6.29 Å². The van der Waals surface area contributed by atoms with Gasteiger partial charge < -0.3 is 33.5 Å². The van der Waals surface area contributed by atoms with Gasteiger partial charge in [-0.15, -0.1) is 0 Å². The second kappa shape index (κ2) is 16.8. The van der Waals surface area contributed by atoms with E-state index < -0.39 is 28.0 Å². The third kappa shape index (κ3) is 9.34. The van der Waals surface area contributed by atoms with Crippen LogP contribution in [0.1, 0.15) is 74.7 Å². The highest BCUT2D eigenvalue weighted by Gasteiger charge is 2.34. The van der Waals surface area contributed by atoms with Crippen LogP contribution < -0.4 is 9.62 Å². The number of amides is 2. The first kappa shape index (κ1) is 40.5. The smallest absolute Gasteiger partial charge is 0.410 e. The summed E-state index contributed by atoms with van der Waals surface area (Å²) in [7, 11) is 5.99. The zero-order valence-electron chi connectivity index (χ0n) is 32.8. The van der Waals surface area contributed by atoms with Crippen molar-refractivity contribution in [1.82, 2.24) is 23.4 Å². The highest BCUT2D eigenvalue weighted by atomic mass is 32.2. The Morgan fingerprint density at radius 3 is 2.32 bits per heavy atom. The Morgan fingerprint density at radius 1 is 0.981 bits per heavy atom. The fourth-order valence-electron chi connectivity index (χ4n) is 7.50. The molecular formula is C39H58N6O7S. The van der Waals surface area contributed by atoms with Gasteiger partial charge in [0.1, 0.15) is 5.60 Å². The van der Waals surface area contributed by atoms with E-state index in [4.69, 9.17) is 14.2 Å². The molecule has 2 amide bonds. The highest BCUT2D eigenvalue weighted by molar-refractivity contribution is 7.87. The number of anilines is 1. The Kier molecular flexibility index (Phi) is 12.8. The number of hydrogen-bond acceptors (Lipinski definition) is 9. The molecular weight excluding hydrogens is 697 g/mol. The Hall–Kier alpha value is -3.69. The van der Waals surface area contributed by atoms with Gasteiger partial charge in [0.25, 0.3) is 5.91 Å². The molecule has 2 heterocycles. The van der Waals surface area contributed by atoms with Gasteiger partial charge in [-0.25, -0.2) is 9.52 Å². The summed E-state index contributed by atoms with van der Waals surface area (Å²) < 4.78 is 47.9. The summed E-state index contributed by atoms with van der Waals surface area (Å²) in [5.41, 5.74) is 5.34. The van der Waals surface area contributed by atoms with Gasteiger partial charge in [-0.2, -0.15) is 12.7 Å². The molecule has 1 unspecified atom stereocenters. The van der Waals surface area contributed by atoms with Gasteiger partial charge in [-0.05, 0) is 70.3 Å². The van der Waals surface area contributed by atoms with Gasteiger partial charge in [0.05, 0.1) is 18.3 Å². The molecule has 1 N–H and O–H groups in total. The SMILES string of the molecule is COC(CN(C)S(=O)(=O)NC(=O)c1ccc2c(C3CCCCC3)c3n(c2c1)CC(CN(C)CCN(C)C(=O)OC(C)(C)C)N(C)c1ccccc1-3)OC. The molecule has 0 spiro atoms. The van der Waals surface area contributed by atoms with Crippen LogP contribution in [0.2, 0.25) is 0 Å². The van der Waals surface area contributed by atoms with E-state index in [9.17, 15) is 18.0 Å². The predicted octanol–water partition coefficient (Wildman–Crippen LogP) is 5.50. The van der Waals surface area contributed by atoms with E-state index in [1.54, 1.807) is 18.0 Å². The predicted molar refractivity (Wildman–Crippen MR) is 209 cm³/mol. The van der Waals surface area contributed by atoms with Crippen LogP contribution in [0.25, 0.3) is 22.2 Å². The number of rotatable bonds is 13. The van der Waals surface area contributed by atoms with E-state index in [-0.39, 0.29) is 24.2 Å². The molecule has 1 aliphatic heterocycles. The summed E-state index contributed by atoms with van der Waals surface area (Å²) in [5, 5.41) is 1.09. The maximum atomic E-state index is 13.6. The minimum absolute atomic E-state index is 0.0325. The van der Waals surface area contributed by atoms with Crippen LogP contribution in [-0.4, -0.2) is 126 Å². The molecule has 0 saturated heterocycles. The van der Waals surface area contributed by atoms with Crippen LogP contribution in [-0.2, 0) is 31.0 Å². The summed E-state index contributed by atoms with van der Waals surface area (Å²) in [6, 6.07) is 14.1. The Labute approximate surface area is 315 Å². The third-order valence-electron chi connectivity index (χ3n) is 10.5. The van der Waals surface area contributed by atoms with Gasteiger partial charge in [-0.1, -0.05) is 43.5 Å². The molecule has 1 fully saturated rings. The zero-order valence-corrected chi connectivity index (χ0v) is 33.7. The second-order valence-corrected chi connectivity index (χ2v) is 17.3. The quantitative estimate of drug-likeness (QED) is 0.225. The minimum Gasteiger partial charge on any atom is -0.444 e. The summed E-state index contributed by atoms with van der Waals surface area (Å²) in [5.74, 6) is -0.344. The van der Waals surface area contributed by atoms with Crippen LogP contribution in [0.5, 0.6) is 0 Å². The molecule has 292 valence electrons. The number of nitrogens with zero attached hydrogens (tertiary/aromatic N) is 5. The number of aromatic nitrogens is 1. The second-order valence-electron chi connectivity index (χ2n) is 15.5. The molecule has 3 aromatic rings. The number of fused-ring (bicyclic) bond motifs is 5. The standard InChI is InChI=1S/C39H58N6O7S/c1-39(2,3)52-38(47)42(5)22-21-41(4)24-29-25-45-33-23-28(37(46)40-53(48,49)43(6)26-34(50-8)51-9)19-20-30(33)35(27-15-11-10-12-16-27)36(45)31-17-13-14-18-32(31)44(29)7/h13-14,17-20,23,27,29,34H,10-12,15-16,21-22,24-26H2,1-9H3,(H,40,46). The molecule has 0 bridgehead atoms. The largest absolute Gasteiger partial charge is 0.444 e. The topological polar surface area (TPSA) is 126 Å². The maximum absolute atomic E-state index is 13.6. The Morgan fingerprint density at radius 2 is 1.66 bits per heavy atom. The number of nitrogens with one attached hydrogen (secondary N) is 1. The minimum atomic E-state index is -4.18. The summed E-state index contributed by atoms with van der Waals surface area (Å²) in [6.07, 6.45) is 4.63. The number of methoxy groups -OCH3 is 2. The number of ether oxygens (including phenoxy) is 3. The molecule has 1 aliphatic carbocycles. The lowest BCUT2D eigenvalue weighted by molar-refractivity contribution is -0.106. The van der Waals surface area contributed by atoms with Crippen LogP contribution in [0.3, 0.4) is 0 Å². The normalized spacial score (nSPS) is 16.9. The molecule has 1 aromatic heterocycles. The summed E-state index contributed by atoms with van der Waals surface area (Å²) >= 11 is 0. The van der Waals surface area contributed by atoms with E-state index in [2.05, 4.69) is 57.4 Å². The Bertz CT molecular complexity index is 1860. The van der Waals surface area contributed by atoms with Gasteiger partial charge in [0.2, 0.25) is 0 Å². The number of benzene rings is 2. The highest BCUT2D eigenvalue weighted by Crippen LogP contribution is 2.48. The van der Waals surface area contributed by atoms with E-state index in [0.29, 0.717) is 32.1 Å². The van der Waals surface area contributed by atoms with Gasteiger partial charge in [-0.3, -0.25) is 4.79 Å². The van der Waals surface area contributed by atoms with Crippen LogP contribution in [0.4, 0.5) is 10.5 Å². The average Bonchev–Trinajstić information content (AvgIpc) is 3.38. The molecule has 1 atom stereocenters. The van der Waals surface area contributed by atoms with E-state index >= 15 is 0 Å². The molecule has 13 nitrogen and oxygen atoms in total. The maximum Gasteiger partial charge on any atom is 0.410 e. The number of carbonyl (C=O) groups is 2. The molecule has 5 rings (SSSR count). The Balaban J connectivity index is 1.52. The van der Waals surface area contributed by atoms with Crippen molar-refractivity contribution < 1.29 is 32.2 Å². The zero-order chi connectivity index (χ0) is 38.7.